The van der Waals surface area contributed by atoms with Crippen molar-refractivity contribution in [2.24, 2.45) is 0 Å². The zero-order valence-electron chi connectivity index (χ0n) is 22.7. The van der Waals surface area contributed by atoms with Crippen LogP contribution in [0, 0.1) is 22.7 Å². The first kappa shape index (κ1) is 23.8. The van der Waals surface area contributed by atoms with Gasteiger partial charge in [0.15, 0.2) is 0 Å². The Morgan fingerprint density at radius 3 is 1.70 bits per heavy atom. The number of nitriles is 2. The summed E-state index contributed by atoms with van der Waals surface area (Å²) in [6.07, 6.45) is 0. The Labute approximate surface area is 250 Å². The molecule has 0 aliphatic rings. The van der Waals surface area contributed by atoms with E-state index in [0.29, 0.717) is 11.1 Å². The van der Waals surface area contributed by atoms with Gasteiger partial charge in [0.25, 0.3) is 0 Å². The third-order valence-electron chi connectivity index (χ3n) is 8.52. The van der Waals surface area contributed by atoms with Crippen LogP contribution < -0.4 is 0 Å². The van der Waals surface area contributed by atoms with E-state index in [2.05, 4.69) is 100 Å². The van der Waals surface area contributed by atoms with Crippen LogP contribution in [0.5, 0.6) is 0 Å². The number of hydrogen-bond donors (Lipinski definition) is 0. The molecular weight excluding hydrogens is 545 g/mol. The van der Waals surface area contributed by atoms with Crippen LogP contribution in [0.1, 0.15) is 11.1 Å². The molecule has 0 saturated heterocycles. The number of thiophene rings is 1. The fourth-order valence-corrected chi connectivity index (χ4v) is 7.83. The van der Waals surface area contributed by atoms with Gasteiger partial charge in [0.1, 0.15) is 0 Å². The second kappa shape index (κ2) is 8.81. The molecule has 3 heterocycles. The van der Waals surface area contributed by atoms with Gasteiger partial charge in [0.05, 0.1) is 45.3 Å². The molecule has 0 bridgehead atoms. The van der Waals surface area contributed by atoms with Crippen molar-refractivity contribution in [2.75, 3.05) is 0 Å². The summed E-state index contributed by atoms with van der Waals surface area (Å²) >= 11 is 1.81. The Bertz CT molecular complexity index is 2710. The minimum absolute atomic E-state index is 0.584. The third kappa shape index (κ3) is 3.35. The summed E-state index contributed by atoms with van der Waals surface area (Å²) in [5.74, 6) is 0. The summed E-state index contributed by atoms with van der Waals surface area (Å²) in [7, 11) is 0. The molecular formula is C38H20N4S. The predicted molar refractivity (Wildman–Crippen MR) is 177 cm³/mol. The summed E-state index contributed by atoms with van der Waals surface area (Å²) in [6.45, 7) is 0. The van der Waals surface area contributed by atoms with Gasteiger partial charge in [0, 0.05) is 53.1 Å². The summed E-state index contributed by atoms with van der Waals surface area (Å²) in [5, 5.41) is 26.8. The molecule has 9 aromatic rings. The molecule has 3 aromatic heterocycles. The van der Waals surface area contributed by atoms with E-state index in [-0.39, 0.29) is 0 Å². The molecule has 4 nitrogen and oxygen atoms in total. The number of rotatable bonds is 2. The van der Waals surface area contributed by atoms with Crippen LogP contribution in [0.15, 0.2) is 121 Å². The number of fused-ring (bicyclic) bond motifs is 9. The second-order valence-corrected chi connectivity index (χ2v) is 11.9. The number of para-hydroxylation sites is 2. The average Bonchev–Trinajstić information content (AvgIpc) is 3.70. The van der Waals surface area contributed by atoms with E-state index in [0.717, 1.165) is 44.2 Å². The molecule has 198 valence electrons. The SMILES string of the molecule is N#Cc1cc(-n2c3ccccc3c3cc(C#N)ccc32)cc(-n2c3ccccc3c3cc4c(cc32)sc2ccccc24)c1. The van der Waals surface area contributed by atoms with Crippen molar-refractivity contribution in [3.8, 4) is 23.5 Å². The normalized spacial score (nSPS) is 11.7. The van der Waals surface area contributed by atoms with Gasteiger partial charge >= 0.3 is 0 Å². The largest absolute Gasteiger partial charge is 0.309 e. The first-order valence-electron chi connectivity index (χ1n) is 14.1. The Morgan fingerprint density at radius 2 is 1.00 bits per heavy atom. The molecule has 5 heteroatoms. The van der Waals surface area contributed by atoms with Gasteiger partial charge in [0.2, 0.25) is 0 Å². The molecule has 0 atom stereocenters. The van der Waals surface area contributed by atoms with Gasteiger partial charge in [-0.05, 0) is 66.7 Å². The van der Waals surface area contributed by atoms with Gasteiger partial charge in [-0.2, -0.15) is 10.5 Å². The van der Waals surface area contributed by atoms with Gasteiger partial charge in [-0.1, -0.05) is 54.6 Å². The Hall–Kier alpha value is -5.88. The Kier molecular flexibility index (Phi) is 4.87. The van der Waals surface area contributed by atoms with Crippen LogP contribution in [0.4, 0.5) is 0 Å². The number of nitrogens with zero attached hydrogens (tertiary/aromatic N) is 4. The number of hydrogen-bond acceptors (Lipinski definition) is 3. The minimum Gasteiger partial charge on any atom is -0.309 e. The lowest BCUT2D eigenvalue weighted by Gasteiger charge is -2.14. The van der Waals surface area contributed by atoms with E-state index in [4.69, 9.17) is 0 Å². The second-order valence-electron chi connectivity index (χ2n) is 10.9. The topological polar surface area (TPSA) is 57.4 Å². The highest BCUT2D eigenvalue weighted by Gasteiger charge is 2.18. The van der Waals surface area contributed by atoms with Crippen molar-refractivity contribution < 1.29 is 0 Å². The first-order chi connectivity index (χ1) is 21.2. The maximum absolute atomic E-state index is 10.2. The van der Waals surface area contributed by atoms with Crippen molar-refractivity contribution in [1.29, 1.82) is 10.5 Å². The fraction of sp³-hybridized carbons (Fsp3) is 0. The van der Waals surface area contributed by atoms with Crippen LogP contribution in [0.25, 0.3) is 75.2 Å². The lowest BCUT2D eigenvalue weighted by molar-refractivity contribution is 1.13. The minimum atomic E-state index is 0.584. The number of benzene rings is 6. The molecule has 0 aliphatic carbocycles. The average molecular weight is 565 g/mol. The Morgan fingerprint density at radius 1 is 0.419 bits per heavy atom. The van der Waals surface area contributed by atoms with Gasteiger partial charge < -0.3 is 9.13 Å². The summed E-state index contributed by atoms with van der Waals surface area (Å²) in [5.41, 5.74) is 7.28. The van der Waals surface area contributed by atoms with Gasteiger partial charge in [-0.3, -0.25) is 0 Å². The van der Waals surface area contributed by atoms with Crippen LogP contribution >= 0.6 is 11.3 Å². The van der Waals surface area contributed by atoms with Gasteiger partial charge in [-0.25, -0.2) is 0 Å². The quantitative estimate of drug-likeness (QED) is 0.210. The van der Waals surface area contributed by atoms with Crippen LogP contribution in [-0.2, 0) is 0 Å². The molecule has 0 radical (unpaired) electrons. The molecule has 0 aliphatic heterocycles. The van der Waals surface area contributed by atoms with E-state index < -0.39 is 0 Å². The van der Waals surface area contributed by atoms with Crippen LogP contribution in [-0.4, -0.2) is 9.13 Å². The highest BCUT2D eigenvalue weighted by Crippen LogP contribution is 2.41. The molecule has 0 unspecified atom stereocenters. The first-order valence-corrected chi connectivity index (χ1v) is 14.9. The smallest absolute Gasteiger partial charge is 0.0993 e. The monoisotopic (exact) mass is 564 g/mol. The highest BCUT2D eigenvalue weighted by atomic mass is 32.1. The molecule has 6 aromatic carbocycles. The zero-order valence-corrected chi connectivity index (χ0v) is 23.6. The van der Waals surface area contributed by atoms with Crippen LogP contribution in [0.3, 0.4) is 0 Å². The van der Waals surface area contributed by atoms with E-state index in [1.54, 1.807) is 0 Å². The lowest BCUT2D eigenvalue weighted by Crippen LogP contribution is -2.00. The maximum Gasteiger partial charge on any atom is 0.0993 e. The summed E-state index contributed by atoms with van der Waals surface area (Å²) in [6, 6.07) is 46.6. The van der Waals surface area contributed by atoms with Gasteiger partial charge in [-0.15, -0.1) is 11.3 Å². The van der Waals surface area contributed by atoms with Crippen molar-refractivity contribution in [1.82, 2.24) is 9.13 Å². The predicted octanol–water partition coefficient (Wildman–Crippen LogP) is 9.99. The fourth-order valence-electron chi connectivity index (χ4n) is 6.70. The van der Waals surface area contributed by atoms with E-state index in [1.807, 2.05) is 53.8 Å². The van der Waals surface area contributed by atoms with Crippen molar-refractivity contribution >= 4 is 75.1 Å². The van der Waals surface area contributed by atoms with Crippen molar-refractivity contribution in [3.63, 3.8) is 0 Å². The molecule has 0 spiro atoms. The van der Waals surface area contributed by atoms with E-state index in [9.17, 15) is 10.5 Å². The highest BCUT2D eigenvalue weighted by molar-refractivity contribution is 7.25. The van der Waals surface area contributed by atoms with E-state index >= 15 is 0 Å². The molecule has 0 N–H and O–H groups in total. The standard InChI is InChI=1S/C38H20N4S/c39-21-23-13-14-35-30(17-23)27-7-1-4-10-33(27)41(35)25-15-24(22-40)16-26(18-25)42-34-11-5-2-8-28(34)31-19-32-29-9-3-6-12-37(29)43-38(32)20-36(31)42/h1-20H. The van der Waals surface area contributed by atoms with Crippen LogP contribution in [0.2, 0.25) is 0 Å². The molecule has 0 amide bonds. The number of aromatic nitrogens is 2. The van der Waals surface area contributed by atoms with Crippen molar-refractivity contribution in [2.45, 2.75) is 0 Å². The molecule has 43 heavy (non-hydrogen) atoms. The summed E-state index contributed by atoms with van der Waals surface area (Å²) in [4.78, 5) is 0. The summed E-state index contributed by atoms with van der Waals surface area (Å²) < 4.78 is 7.01. The Balaban J connectivity index is 1.38. The molecule has 0 saturated carbocycles. The van der Waals surface area contributed by atoms with E-state index in [1.165, 1.54) is 30.9 Å². The molecule has 0 fully saturated rings. The van der Waals surface area contributed by atoms with Crippen molar-refractivity contribution in [3.05, 3.63) is 132 Å². The third-order valence-corrected chi connectivity index (χ3v) is 9.65. The lowest BCUT2D eigenvalue weighted by atomic mass is 10.1. The molecule has 9 rings (SSSR count). The maximum atomic E-state index is 10.2. The zero-order chi connectivity index (χ0) is 28.7.